The van der Waals surface area contributed by atoms with Crippen molar-refractivity contribution in [2.45, 2.75) is 32.7 Å². The quantitative estimate of drug-likeness (QED) is 0.832. The van der Waals surface area contributed by atoms with Gasteiger partial charge in [0.15, 0.2) is 0 Å². The molecule has 0 radical (unpaired) electrons. The largest absolute Gasteiger partial charge is 0.383 e. The van der Waals surface area contributed by atoms with E-state index in [2.05, 4.69) is 31.1 Å². The van der Waals surface area contributed by atoms with Crippen LogP contribution in [-0.4, -0.2) is 30.2 Å². The minimum Gasteiger partial charge on any atom is -0.383 e. The third-order valence-electron chi connectivity index (χ3n) is 3.06. The summed E-state index contributed by atoms with van der Waals surface area (Å²) in [6.07, 6.45) is 1.81. The average Bonchev–Trinajstić information content (AvgIpc) is 2.89. The Morgan fingerprint density at radius 1 is 1.29 bits per heavy atom. The number of methoxy groups -OCH3 is 1. The van der Waals surface area contributed by atoms with E-state index in [0.717, 1.165) is 36.1 Å². The fourth-order valence-electron chi connectivity index (χ4n) is 2.03. The molecule has 0 saturated heterocycles. The second kappa shape index (κ2) is 7.11. The molecule has 0 bridgehead atoms. The second-order valence-corrected chi connectivity index (χ2v) is 7.01. The Morgan fingerprint density at radius 3 is 2.71 bits per heavy atom. The van der Waals surface area contributed by atoms with Crippen molar-refractivity contribution in [3.05, 3.63) is 35.0 Å². The van der Waals surface area contributed by atoms with Gasteiger partial charge in [0.2, 0.25) is 0 Å². The Morgan fingerprint density at radius 2 is 2.10 bits per heavy atom. The molecule has 2 heterocycles. The maximum Gasteiger partial charge on any atom is 0.142 e. The predicted molar refractivity (Wildman–Crippen MR) is 87.6 cm³/mol. The highest BCUT2D eigenvalue weighted by atomic mass is 32.1. The second-order valence-electron chi connectivity index (χ2n) is 5.93. The minimum absolute atomic E-state index is 0.0296. The molecule has 0 amide bonds. The highest BCUT2D eigenvalue weighted by Gasteiger charge is 2.23. The van der Waals surface area contributed by atoms with Crippen LogP contribution in [0.25, 0.3) is 10.7 Å². The molecule has 0 aliphatic heterocycles. The summed E-state index contributed by atoms with van der Waals surface area (Å²) in [5.41, 5.74) is 2.12. The van der Waals surface area contributed by atoms with Crippen LogP contribution < -0.4 is 5.32 Å². The van der Waals surface area contributed by atoms with E-state index in [4.69, 9.17) is 9.72 Å². The standard InChI is InChI=1S/C16H23N3OS/c1-16(2,3)14-13(11-17-9-10-20-4)21-15(19-14)12-7-5-6-8-18-12/h5-8,17H,9-11H2,1-4H3. The monoisotopic (exact) mass is 305 g/mol. The number of nitrogens with one attached hydrogen (secondary N) is 1. The Labute approximate surface area is 130 Å². The summed E-state index contributed by atoms with van der Waals surface area (Å²) in [5, 5.41) is 4.39. The number of thiazole rings is 1. The molecule has 21 heavy (non-hydrogen) atoms. The summed E-state index contributed by atoms with van der Waals surface area (Å²) in [6.45, 7) is 8.98. The molecule has 1 N–H and O–H groups in total. The Bertz CT molecular complexity index is 561. The zero-order valence-electron chi connectivity index (χ0n) is 13.1. The SMILES string of the molecule is COCCNCc1sc(-c2ccccn2)nc1C(C)(C)C. The normalized spacial score (nSPS) is 11.8. The summed E-state index contributed by atoms with van der Waals surface area (Å²) in [4.78, 5) is 10.5. The van der Waals surface area contributed by atoms with Crippen LogP contribution in [0.1, 0.15) is 31.3 Å². The van der Waals surface area contributed by atoms with Crippen molar-refractivity contribution in [1.82, 2.24) is 15.3 Å². The van der Waals surface area contributed by atoms with E-state index >= 15 is 0 Å². The number of hydrogen-bond acceptors (Lipinski definition) is 5. The molecule has 0 fully saturated rings. The van der Waals surface area contributed by atoms with E-state index in [1.54, 1.807) is 18.4 Å². The van der Waals surface area contributed by atoms with Gasteiger partial charge in [-0.2, -0.15) is 0 Å². The van der Waals surface area contributed by atoms with Gasteiger partial charge in [-0.15, -0.1) is 11.3 Å². The van der Waals surface area contributed by atoms with Crippen molar-refractivity contribution in [3.8, 4) is 10.7 Å². The molecule has 5 heteroatoms. The molecule has 0 unspecified atom stereocenters. The number of rotatable bonds is 6. The fraction of sp³-hybridized carbons (Fsp3) is 0.500. The third-order valence-corrected chi connectivity index (χ3v) is 4.14. The minimum atomic E-state index is 0.0296. The van der Waals surface area contributed by atoms with E-state index in [1.807, 2.05) is 24.4 Å². The van der Waals surface area contributed by atoms with Gasteiger partial charge in [0.1, 0.15) is 5.01 Å². The van der Waals surface area contributed by atoms with E-state index in [0.29, 0.717) is 0 Å². The van der Waals surface area contributed by atoms with E-state index in [-0.39, 0.29) is 5.41 Å². The zero-order valence-corrected chi connectivity index (χ0v) is 14.0. The lowest BCUT2D eigenvalue weighted by atomic mass is 9.91. The van der Waals surface area contributed by atoms with Crippen LogP contribution in [0.15, 0.2) is 24.4 Å². The van der Waals surface area contributed by atoms with E-state index < -0.39 is 0 Å². The molecule has 114 valence electrons. The van der Waals surface area contributed by atoms with Crippen molar-refractivity contribution >= 4 is 11.3 Å². The molecule has 2 aromatic heterocycles. The first-order valence-electron chi connectivity index (χ1n) is 7.13. The molecule has 4 nitrogen and oxygen atoms in total. The molecule has 0 aromatic carbocycles. The molecule has 0 atom stereocenters. The summed E-state index contributed by atoms with van der Waals surface area (Å²) in [7, 11) is 1.72. The van der Waals surface area contributed by atoms with Crippen molar-refractivity contribution in [2.75, 3.05) is 20.3 Å². The van der Waals surface area contributed by atoms with Gasteiger partial charge in [-0.25, -0.2) is 4.98 Å². The lowest BCUT2D eigenvalue weighted by Crippen LogP contribution is -2.21. The van der Waals surface area contributed by atoms with Crippen molar-refractivity contribution in [2.24, 2.45) is 0 Å². The first kappa shape index (κ1) is 16.1. The van der Waals surface area contributed by atoms with Crippen LogP contribution in [0.4, 0.5) is 0 Å². The number of ether oxygens (including phenoxy) is 1. The smallest absolute Gasteiger partial charge is 0.142 e. The zero-order chi connectivity index (χ0) is 15.3. The van der Waals surface area contributed by atoms with Gasteiger partial charge < -0.3 is 10.1 Å². The molecule has 0 aliphatic rings. The summed E-state index contributed by atoms with van der Waals surface area (Å²) >= 11 is 1.72. The maximum absolute atomic E-state index is 5.07. The Balaban J connectivity index is 2.23. The van der Waals surface area contributed by atoms with Crippen LogP contribution in [0.5, 0.6) is 0 Å². The summed E-state index contributed by atoms with van der Waals surface area (Å²) in [6, 6.07) is 5.93. The van der Waals surface area contributed by atoms with E-state index in [9.17, 15) is 0 Å². The highest BCUT2D eigenvalue weighted by Crippen LogP contribution is 2.33. The number of pyridine rings is 1. The lowest BCUT2D eigenvalue weighted by Gasteiger charge is -2.17. The van der Waals surface area contributed by atoms with Crippen LogP contribution in [0.3, 0.4) is 0 Å². The third kappa shape index (κ3) is 4.33. The molecule has 0 spiro atoms. The first-order valence-corrected chi connectivity index (χ1v) is 7.95. The number of aromatic nitrogens is 2. The molecule has 2 rings (SSSR count). The topological polar surface area (TPSA) is 47.0 Å². The van der Waals surface area contributed by atoms with Crippen molar-refractivity contribution < 1.29 is 4.74 Å². The maximum atomic E-state index is 5.07. The Hall–Kier alpha value is -1.30. The van der Waals surface area contributed by atoms with Crippen LogP contribution in [0.2, 0.25) is 0 Å². The average molecular weight is 305 g/mol. The van der Waals surface area contributed by atoms with Gasteiger partial charge in [0.05, 0.1) is 18.0 Å². The van der Waals surface area contributed by atoms with Gasteiger partial charge in [-0.05, 0) is 12.1 Å². The number of hydrogen-bond donors (Lipinski definition) is 1. The Kier molecular flexibility index (Phi) is 5.45. The summed E-state index contributed by atoms with van der Waals surface area (Å²) in [5.74, 6) is 0. The van der Waals surface area contributed by atoms with Crippen LogP contribution >= 0.6 is 11.3 Å². The molecule has 2 aromatic rings. The van der Waals surface area contributed by atoms with Gasteiger partial charge in [-0.1, -0.05) is 26.8 Å². The van der Waals surface area contributed by atoms with E-state index in [1.165, 1.54) is 4.88 Å². The fourth-order valence-corrected chi connectivity index (χ4v) is 3.25. The predicted octanol–water partition coefficient (Wildman–Crippen LogP) is 3.24. The van der Waals surface area contributed by atoms with Gasteiger partial charge >= 0.3 is 0 Å². The van der Waals surface area contributed by atoms with Gasteiger partial charge in [0.25, 0.3) is 0 Å². The van der Waals surface area contributed by atoms with Gasteiger partial charge in [-0.3, -0.25) is 4.98 Å². The summed E-state index contributed by atoms with van der Waals surface area (Å²) < 4.78 is 5.07. The molecular formula is C16H23N3OS. The molecule has 0 saturated carbocycles. The van der Waals surface area contributed by atoms with Gasteiger partial charge in [0, 0.05) is 36.7 Å². The molecule has 0 aliphatic carbocycles. The van der Waals surface area contributed by atoms with Crippen molar-refractivity contribution in [1.29, 1.82) is 0 Å². The number of nitrogens with zero attached hydrogens (tertiary/aromatic N) is 2. The highest BCUT2D eigenvalue weighted by molar-refractivity contribution is 7.15. The molecular weight excluding hydrogens is 282 g/mol. The van der Waals surface area contributed by atoms with Crippen molar-refractivity contribution in [3.63, 3.8) is 0 Å². The van der Waals surface area contributed by atoms with Crippen LogP contribution in [0, 0.1) is 0 Å². The first-order chi connectivity index (χ1) is 10.0. The van der Waals surface area contributed by atoms with Crippen LogP contribution in [-0.2, 0) is 16.7 Å². The lowest BCUT2D eigenvalue weighted by molar-refractivity contribution is 0.199.